The number of hydrogen-bond donors (Lipinski definition) is 1. The van der Waals surface area contributed by atoms with Crippen LogP contribution in [0, 0.1) is 11.8 Å². The standard InChI is InChI=1S/C13H23NO4/c1-9(2)10(3)13(17)14-6-4-11(5-7-14)18-8-12(15)16/h9-11H,4-8H2,1-3H3,(H,15,16). The average Bonchev–Trinajstić information content (AvgIpc) is 2.35. The zero-order valence-electron chi connectivity index (χ0n) is 11.4. The van der Waals surface area contributed by atoms with Crippen molar-refractivity contribution in [3.8, 4) is 0 Å². The monoisotopic (exact) mass is 257 g/mol. The third-order valence-corrected chi connectivity index (χ3v) is 3.59. The first-order valence-corrected chi connectivity index (χ1v) is 6.54. The van der Waals surface area contributed by atoms with Gasteiger partial charge in [-0.05, 0) is 18.8 Å². The highest BCUT2D eigenvalue weighted by molar-refractivity contribution is 5.78. The Labute approximate surface area is 108 Å². The summed E-state index contributed by atoms with van der Waals surface area (Å²) in [6, 6.07) is 0. The van der Waals surface area contributed by atoms with E-state index < -0.39 is 5.97 Å². The van der Waals surface area contributed by atoms with Gasteiger partial charge in [0.15, 0.2) is 0 Å². The number of carbonyl (C=O) groups excluding carboxylic acids is 1. The first kappa shape index (κ1) is 15.0. The minimum Gasteiger partial charge on any atom is -0.480 e. The third kappa shape index (κ3) is 4.29. The van der Waals surface area contributed by atoms with E-state index in [1.165, 1.54) is 0 Å². The van der Waals surface area contributed by atoms with E-state index in [-0.39, 0.29) is 24.5 Å². The van der Waals surface area contributed by atoms with Crippen molar-refractivity contribution >= 4 is 11.9 Å². The molecule has 1 aliphatic rings. The molecule has 1 atom stereocenters. The zero-order valence-corrected chi connectivity index (χ0v) is 11.4. The summed E-state index contributed by atoms with van der Waals surface area (Å²) >= 11 is 0. The van der Waals surface area contributed by atoms with Crippen LogP contribution in [-0.2, 0) is 14.3 Å². The van der Waals surface area contributed by atoms with Gasteiger partial charge in [-0.1, -0.05) is 20.8 Å². The highest BCUT2D eigenvalue weighted by Crippen LogP contribution is 2.19. The highest BCUT2D eigenvalue weighted by Gasteiger charge is 2.27. The van der Waals surface area contributed by atoms with Crippen LogP contribution in [0.3, 0.4) is 0 Å². The first-order valence-electron chi connectivity index (χ1n) is 6.54. The molecule has 0 aliphatic carbocycles. The fourth-order valence-corrected chi connectivity index (χ4v) is 2.01. The molecule has 1 unspecified atom stereocenters. The summed E-state index contributed by atoms with van der Waals surface area (Å²) in [4.78, 5) is 24.4. The number of nitrogens with zero attached hydrogens (tertiary/aromatic N) is 1. The van der Waals surface area contributed by atoms with E-state index >= 15 is 0 Å². The van der Waals surface area contributed by atoms with Gasteiger partial charge >= 0.3 is 5.97 Å². The number of ether oxygens (including phenoxy) is 1. The Balaban J connectivity index is 2.35. The maximum Gasteiger partial charge on any atom is 0.329 e. The number of amides is 1. The van der Waals surface area contributed by atoms with Crippen LogP contribution in [0.1, 0.15) is 33.6 Å². The number of rotatable bonds is 5. The van der Waals surface area contributed by atoms with Gasteiger partial charge in [-0.25, -0.2) is 4.79 Å². The van der Waals surface area contributed by atoms with Crippen LogP contribution >= 0.6 is 0 Å². The minimum absolute atomic E-state index is 0.0282. The molecule has 1 N–H and O–H groups in total. The smallest absolute Gasteiger partial charge is 0.329 e. The Morgan fingerprint density at radius 3 is 2.28 bits per heavy atom. The summed E-state index contributed by atoms with van der Waals surface area (Å²) in [5.41, 5.74) is 0. The predicted molar refractivity (Wildman–Crippen MR) is 67.2 cm³/mol. The highest BCUT2D eigenvalue weighted by atomic mass is 16.5. The second kappa shape index (κ2) is 6.73. The van der Waals surface area contributed by atoms with E-state index in [4.69, 9.17) is 9.84 Å². The lowest BCUT2D eigenvalue weighted by molar-refractivity contribution is -0.147. The van der Waals surface area contributed by atoms with Crippen LogP contribution in [-0.4, -0.2) is 47.7 Å². The normalized spacial score (nSPS) is 19.0. The molecule has 0 aromatic rings. The molecule has 0 spiro atoms. The Kier molecular flexibility index (Phi) is 5.59. The van der Waals surface area contributed by atoms with Gasteiger partial charge in [0.05, 0.1) is 6.10 Å². The molecule has 0 aromatic carbocycles. The summed E-state index contributed by atoms with van der Waals surface area (Å²) in [5, 5.41) is 8.53. The van der Waals surface area contributed by atoms with Gasteiger partial charge in [-0.3, -0.25) is 4.79 Å². The van der Waals surface area contributed by atoms with Crippen LogP contribution in [0.25, 0.3) is 0 Å². The molecule has 0 bridgehead atoms. The Morgan fingerprint density at radius 1 is 1.28 bits per heavy atom. The molecule has 1 aliphatic heterocycles. The molecule has 0 aromatic heterocycles. The van der Waals surface area contributed by atoms with Crippen molar-refractivity contribution in [2.75, 3.05) is 19.7 Å². The molecule has 5 heteroatoms. The maximum absolute atomic E-state index is 12.1. The molecule has 18 heavy (non-hydrogen) atoms. The van der Waals surface area contributed by atoms with Crippen molar-refractivity contribution in [1.82, 2.24) is 4.90 Å². The molecule has 1 rings (SSSR count). The Bertz CT molecular complexity index is 295. The van der Waals surface area contributed by atoms with Crippen LogP contribution in [0.15, 0.2) is 0 Å². The van der Waals surface area contributed by atoms with E-state index in [0.717, 1.165) is 12.8 Å². The third-order valence-electron chi connectivity index (χ3n) is 3.59. The van der Waals surface area contributed by atoms with Crippen LogP contribution in [0.2, 0.25) is 0 Å². The number of carboxylic acid groups (broad SMARTS) is 1. The van der Waals surface area contributed by atoms with Gasteiger partial charge < -0.3 is 14.7 Å². The summed E-state index contributed by atoms with van der Waals surface area (Å²) in [6.45, 7) is 7.14. The second-order valence-electron chi connectivity index (χ2n) is 5.26. The minimum atomic E-state index is -0.943. The van der Waals surface area contributed by atoms with E-state index in [1.54, 1.807) is 0 Å². The van der Waals surface area contributed by atoms with E-state index in [2.05, 4.69) is 0 Å². The number of piperidine rings is 1. The number of carbonyl (C=O) groups is 2. The summed E-state index contributed by atoms with van der Waals surface area (Å²) < 4.78 is 5.24. The lowest BCUT2D eigenvalue weighted by atomic mass is 9.95. The maximum atomic E-state index is 12.1. The van der Waals surface area contributed by atoms with Crippen molar-refractivity contribution in [2.24, 2.45) is 11.8 Å². The van der Waals surface area contributed by atoms with Gasteiger partial charge in [0.25, 0.3) is 0 Å². The number of hydrogen-bond acceptors (Lipinski definition) is 3. The Morgan fingerprint density at radius 2 is 1.83 bits per heavy atom. The van der Waals surface area contributed by atoms with Crippen molar-refractivity contribution in [2.45, 2.75) is 39.7 Å². The largest absolute Gasteiger partial charge is 0.480 e. The van der Waals surface area contributed by atoms with Gasteiger partial charge in [0, 0.05) is 19.0 Å². The topological polar surface area (TPSA) is 66.8 Å². The molecule has 1 amide bonds. The van der Waals surface area contributed by atoms with E-state index in [9.17, 15) is 9.59 Å². The van der Waals surface area contributed by atoms with Gasteiger partial charge in [0.1, 0.15) is 6.61 Å². The van der Waals surface area contributed by atoms with Gasteiger partial charge in [-0.15, -0.1) is 0 Å². The molecule has 1 fully saturated rings. The summed E-state index contributed by atoms with van der Waals surface area (Å²) in [5.74, 6) is -0.358. The quantitative estimate of drug-likeness (QED) is 0.807. The van der Waals surface area contributed by atoms with Crippen molar-refractivity contribution in [3.63, 3.8) is 0 Å². The van der Waals surface area contributed by atoms with Gasteiger partial charge in [-0.2, -0.15) is 0 Å². The van der Waals surface area contributed by atoms with Crippen molar-refractivity contribution in [3.05, 3.63) is 0 Å². The molecule has 0 saturated carbocycles. The lowest BCUT2D eigenvalue weighted by Crippen LogP contribution is -2.44. The predicted octanol–water partition coefficient (Wildman–Crippen LogP) is 1.37. The zero-order chi connectivity index (χ0) is 13.7. The van der Waals surface area contributed by atoms with Gasteiger partial charge in [0.2, 0.25) is 5.91 Å². The number of carboxylic acids is 1. The summed E-state index contributed by atoms with van der Waals surface area (Å²) in [7, 11) is 0. The summed E-state index contributed by atoms with van der Waals surface area (Å²) in [6.07, 6.45) is 1.42. The van der Waals surface area contributed by atoms with Crippen molar-refractivity contribution in [1.29, 1.82) is 0 Å². The SMILES string of the molecule is CC(C)C(C)C(=O)N1CCC(OCC(=O)O)CC1. The fraction of sp³-hybridized carbons (Fsp3) is 0.846. The number of likely N-dealkylation sites (tertiary alicyclic amines) is 1. The van der Waals surface area contributed by atoms with Crippen LogP contribution < -0.4 is 0 Å². The van der Waals surface area contributed by atoms with Crippen molar-refractivity contribution < 1.29 is 19.4 Å². The second-order valence-corrected chi connectivity index (χ2v) is 5.26. The fourth-order valence-electron chi connectivity index (χ4n) is 2.01. The van der Waals surface area contributed by atoms with E-state index in [0.29, 0.717) is 19.0 Å². The molecule has 5 nitrogen and oxygen atoms in total. The lowest BCUT2D eigenvalue weighted by Gasteiger charge is -2.34. The first-order chi connectivity index (χ1) is 8.41. The van der Waals surface area contributed by atoms with E-state index in [1.807, 2.05) is 25.7 Å². The molecule has 104 valence electrons. The number of aliphatic carboxylic acids is 1. The average molecular weight is 257 g/mol. The molecule has 1 saturated heterocycles. The molecule has 0 radical (unpaired) electrons. The molecular weight excluding hydrogens is 234 g/mol. The molecule has 1 heterocycles. The Hall–Kier alpha value is -1.10. The van der Waals surface area contributed by atoms with Crippen LogP contribution in [0.5, 0.6) is 0 Å². The molecular formula is C13H23NO4. The van der Waals surface area contributed by atoms with Crippen LogP contribution in [0.4, 0.5) is 0 Å².